The lowest BCUT2D eigenvalue weighted by Crippen LogP contribution is -2.50. The number of morpholine rings is 1. The van der Waals surface area contributed by atoms with Crippen molar-refractivity contribution in [3.05, 3.63) is 45.0 Å². The number of ether oxygens (including phenoxy) is 1. The second kappa shape index (κ2) is 6.60. The third-order valence-electron chi connectivity index (χ3n) is 4.36. The Bertz CT molecular complexity index is 870. The maximum Gasteiger partial charge on any atom is 0.273 e. The fourth-order valence-electron chi connectivity index (χ4n) is 3.01. The number of H-pyrrole nitrogens is 1. The number of carbonyl (C=O) groups excluding carboxylic acids is 1. The van der Waals surface area contributed by atoms with Crippen molar-refractivity contribution in [3.63, 3.8) is 0 Å². The van der Waals surface area contributed by atoms with Crippen molar-refractivity contribution >= 4 is 16.7 Å². The molecule has 0 radical (unpaired) electrons. The third kappa shape index (κ3) is 3.12. The summed E-state index contributed by atoms with van der Waals surface area (Å²) in [4.78, 5) is 38.7. The number of nitrogens with one attached hydrogen (secondary N) is 1. The van der Waals surface area contributed by atoms with E-state index in [2.05, 4.69) is 5.10 Å². The Hall–Kier alpha value is -2.41. The Morgan fingerprint density at radius 2 is 1.96 bits per heavy atom. The van der Waals surface area contributed by atoms with E-state index in [0.717, 1.165) is 0 Å². The number of hydrogen-bond acceptors (Lipinski definition) is 4. The zero-order chi connectivity index (χ0) is 17.3. The van der Waals surface area contributed by atoms with Crippen LogP contribution in [0, 0.1) is 0 Å². The predicted molar refractivity (Wildman–Crippen MR) is 90.0 cm³/mol. The van der Waals surface area contributed by atoms with Gasteiger partial charge in [0.1, 0.15) is 0 Å². The van der Waals surface area contributed by atoms with Gasteiger partial charge in [-0.1, -0.05) is 12.1 Å². The number of aryl methyl sites for hydroxylation is 1. The van der Waals surface area contributed by atoms with Crippen LogP contribution in [-0.2, 0) is 16.1 Å². The van der Waals surface area contributed by atoms with Crippen LogP contribution in [0.25, 0.3) is 10.8 Å². The number of benzene rings is 1. The highest BCUT2D eigenvalue weighted by Gasteiger charge is 2.27. The van der Waals surface area contributed by atoms with Crippen LogP contribution in [0.3, 0.4) is 0 Å². The Labute approximate surface area is 138 Å². The van der Waals surface area contributed by atoms with E-state index in [1.807, 2.05) is 13.8 Å². The van der Waals surface area contributed by atoms with Gasteiger partial charge in [-0.15, -0.1) is 0 Å². The van der Waals surface area contributed by atoms with E-state index in [1.54, 1.807) is 29.2 Å². The van der Waals surface area contributed by atoms with E-state index in [9.17, 15) is 14.4 Å². The van der Waals surface area contributed by atoms with Crippen LogP contribution < -0.4 is 11.1 Å². The molecule has 2 heterocycles. The van der Waals surface area contributed by atoms with Crippen molar-refractivity contribution in [3.8, 4) is 0 Å². The second-order valence-electron chi connectivity index (χ2n) is 6.23. The fourth-order valence-corrected chi connectivity index (χ4v) is 3.01. The van der Waals surface area contributed by atoms with Gasteiger partial charge in [-0.25, -0.2) is 4.68 Å². The van der Waals surface area contributed by atoms with Gasteiger partial charge in [-0.05, 0) is 26.0 Å². The van der Waals surface area contributed by atoms with Crippen LogP contribution >= 0.6 is 0 Å². The number of aromatic nitrogens is 2. The highest BCUT2D eigenvalue weighted by molar-refractivity contribution is 5.80. The van der Waals surface area contributed by atoms with Crippen molar-refractivity contribution in [1.82, 2.24) is 14.7 Å². The van der Waals surface area contributed by atoms with Gasteiger partial charge in [0.2, 0.25) is 5.91 Å². The molecule has 0 bridgehead atoms. The van der Waals surface area contributed by atoms with Gasteiger partial charge in [0.25, 0.3) is 11.1 Å². The van der Waals surface area contributed by atoms with Crippen LogP contribution in [0.1, 0.15) is 20.3 Å². The molecule has 7 nitrogen and oxygen atoms in total. The third-order valence-corrected chi connectivity index (χ3v) is 4.36. The van der Waals surface area contributed by atoms with E-state index in [-0.39, 0.29) is 42.1 Å². The van der Waals surface area contributed by atoms with Crippen molar-refractivity contribution in [2.24, 2.45) is 0 Å². The molecule has 0 spiro atoms. The molecule has 1 aromatic carbocycles. The maximum absolute atomic E-state index is 12.5. The lowest BCUT2D eigenvalue weighted by Gasteiger charge is -2.36. The van der Waals surface area contributed by atoms with Crippen molar-refractivity contribution in [2.45, 2.75) is 39.0 Å². The van der Waals surface area contributed by atoms with Crippen molar-refractivity contribution in [2.75, 3.05) is 13.2 Å². The summed E-state index contributed by atoms with van der Waals surface area (Å²) >= 11 is 0. The van der Waals surface area contributed by atoms with Gasteiger partial charge in [-0.2, -0.15) is 0 Å². The summed E-state index contributed by atoms with van der Waals surface area (Å²) < 4.78 is 6.74. The quantitative estimate of drug-likeness (QED) is 0.898. The van der Waals surface area contributed by atoms with Gasteiger partial charge in [0.15, 0.2) is 0 Å². The lowest BCUT2D eigenvalue weighted by atomic mass is 10.2. The molecule has 1 aliphatic heterocycles. The SMILES string of the molecule is CC1CN(C(=O)CCn2[nH]c(=O)c3ccccc3c2=O)C(C)CO1. The molecule has 7 heteroatoms. The summed E-state index contributed by atoms with van der Waals surface area (Å²) in [7, 11) is 0. The first kappa shape index (κ1) is 16.4. The van der Waals surface area contributed by atoms with Gasteiger partial charge in [0.05, 0.1) is 36.1 Å². The molecule has 3 rings (SSSR count). The minimum atomic E-state index is -0.328. The van der Waals surface area contributed by atoms with Crippen LogP contribution in [0.15, 0.2) is 33.9 Å². The largest absolute Gasteiger partial charge is 0.375 e. The topological polar surface area (TPSA) is 84.4 Å². The van der Waals surface area contributed by atoms with Crippen LogP contribution in [-0.4, -0.2) is 45.9 Å². The summed E-state index contributed by atoms with van der Waals surface area (Å²) in [6.07, 6.45) is 0.166. The zero-order valence-electron chi connectivity index (χ0n) is 13.8. The summed E-state index contributed by atoms with van der Waals surface area (Å²) in [5.74, 6) is -0.0430. The lowest BCUT2D eigenvalue weighted by molar-refractivity contribution is -0.143. The number of carbonyl (C=O) groups is 1. The number of aromatic amines is 1. The number of hydrogen-bond donors (Lipinski definition) is 1. The standard InChI is InChI=1S/C17H21N3O4/c1-11-10-24-12(2)9-19(11)15(21)7-8-20-17(23)14-6-4-3-5-13(14)16(22)18-20/h3-6,11-12H,7-10H2,1-2H3,(H,18,22). The van der Waals surface area contributed by atoms with E-state index in [4.69, 9.17) is 4.74 Å². The van der Waals surface area contributed by atoms with Crippen LogP contribution in [0.4, 0.5) is 0 Å². The number of fused-ring (bicyclic) bond motifs is 1. The molecule has 2 unspecified atom stereocenters. The molecule has 1 fully saturated rings. The Morgan fingerprint density at radius 1 is 1.25 bits per heavy atom. The Balaban J connectivity index is 1.78. The summed E-state index contributed by atoms with van der Waals surface area (Å²) in [6, 6.07) is 6.68. The summed E-state index contributed by atoms with van der Waals surface area (Å²) in [6.45, 7) is 5.07. The smallest absolute Gasteiger partial charge is 0.273 e. The monoisotopic (exact) mass is 331 g/mol. The maximum atomic E-state index is 12.5. The predicted octanol–water partition coefficient (Wildman–Crippen LogP) is 0.716. The number of nitrogens with zero attached hydrogens (tertiary/aromatic N) is 2. The first-order valence-electron chi connectivity index (χ1n) is 8.10. The average Bonchev–Trinajstić information content (AvgIpc) is 2.58. The Kier molecular flexibility index (Phi) is 4.53. The van der Waals surface area contributed by atoms with Gasteiger partial charge < -0.3 is 9.64 Å². The zero-order valence-corrected chi connectivity index (χ0v) is 13.8. The minimum absolute atomic E-state index is 0.00773. The molecule has 2 atom stereocenters. The van der Waals surface area contributed by atoms with Gasteiger partial charge >= 0.3 is 0 Å². The normalized spacial score (nSPS) is 21.2. The summed E-state index contributed by atoms with van der Waals surface area (Å²) in [5, 5.41) is 3.27. The molecule has 0 saturated carbocycles. The average molecular weight is 331 g/mol. The number of rotatable bonds is 3. The molecule has 1 aliphatic rings. The first-order valence-corrected chi connectivity index (χ1v) is 8.10. The van der Waals surface area contributed by atoms with E-state index in [0.29, 0.717) is 23.9 Å². The van der Waals surface area contributed by atoms with Crippen LogP contribution in [0.2, 0.25) is 0 Å². The van der Waals surface area contributed by atoms with Crippen molar-refractivity contribution < 1.29 is 9.53 Å². The fraction of sp³-hybridized carbons (Fsp3) is 0.471. The molecule has 1 N–H and O–H groups in total. The second-order valence-corrected chi connectivity index (χ2v) is 6.23. The van der Waals surface area contributed by atoms with Gasteiger partial charge in [0, 0.05) is 13.0 Å². The van der Waals surface area contributed by atoms with Crippen molar-refractivity contribution in [1.29, 1.82) is 0 Å². The van der Waals surface area contributed by atoms with Gasteiger partial charge in [-0.3, -0.25) is 19.5 Å². The molecule has 128 valence electrons. The van der Waals surface area contributed by atoms with E-state index in [1.165, 1.54) is 4.68 Å². The molecule has 24 heavy (non-hydrogen) atoms. The minimum Gasteiger partial charge on any atom is -0.375 e. The van der Waals surface area contributed by atoms with E-state index < -0.39 is 0 Å². The first-order chi connectivity index (χ1) is 11.5. The Morgan fingerprint density at radius 3 is 2.71 bits per heavy atom. The molecule has 1 aromatic heterocycles. The molecular weight excluding hydrogens is 310 g/mol. The molecular formula is C17H21N3O4. The van der Waals surface area contributed by atoms with Crippen LogP contribution in [0.5, 0.6) is 0 Å². The number of amides is 1. The highest BCUT2D eigenvalue weighted by atomic mass is 16.5. The highest BCUT2D eigenvalue weighted by Crippen LogP contribution is 2.13. The van der Waals surface area contributed by atoms with E-state index >= 15 is 0 Å². The molecule has 1 amide bonds. The molecule has 0 aliphatic carbocycles. The summed E-state index contributed by atoms with van der Waals surface area (Å²) in [5.41, 5.74) is -0.618. The molecule has 1 saturated heterocycles. The molecule has 2 aromatic rings.